The lowest BCUT2D eigenvalue weighted by Crippen LogP contribution is -2.00. The van der Waals surface area contributed by atoms with E-state index in [9.17, 15) is 5.11 Å². The maximum atomic E-state index is 9.29. The summed E-state index contributed by atoms with van der Waals surface area (Å²) in [6.07, 6.45) is -0.575. The topological polar surface area (TPSA) is 33.1 Å². The minimum absolute atomic E-state index is 0.405. The quantitative estimate of drug-likeness (QED) is 0.631. The number of hydrogen-bond acceptors (Lipinski definition) is 2. The van der Waals surface area contributed by atoms with Crippen molar-refractivity contribution in [1.82, 2.24) is 4.98 Å². The maximum absolute atomic E-state index is 9.29. The lowest BCUT2D eigenvalue weighted by atomic mass is 10.2. The fourth-order valence-electron chi connectivity index (χ4n) is 0.689. The first kappa shape index (κ1) is 8.97. The van der Waals surface area contributed by atoms with Gasteiger partial charge in [-0.05, 0) is 12.1 Å². The Morgan fingerprint density at radius 1 is 1.64 bits per heavy atom. The van der Waals surface area contributed by atoms with Crippen LogP contribution in [0, 0.1) is 0 Å². The molecule has 0 aromatic carbocycles. The van der Waals surface area contributed by atoms with Crippen LogP contribution in [-0.4, -0.2) is 15.4 Å². The van der Waals surface area contributed by atoms with E-state index in [1.165, 1.54) is 0 Å². The van der Waals surface area contributed by atoms with Gasteiger partial charge in [0.1, 0.15) is 11.3 Å². The first-order valence-corrected chi connectivity index (χ1v) is 4.60. The van der Waals surface area contributed by atoms with Gasteiger partial charge in [-0.1, -0.05) is 33.6 Å². The molecule has 0 radical (unpaired) electrons. The lowest BCUT2D eigenvalue weighted by Gasteiger charge is -2.04. The van der Waals surface area contributed by atoms with E-state index in [0.717, 1.165) is 0 Å². The van der Waals surface area contributed by atoms with Crippen LogP contribution in [0.25, 0.3) is 0 Å². The number of hydrogen-bond donors (Lipinski definition) is 1. The number of aromatic nitrogens is 1. The Morgan fingerprint density at radius 3 is 2.91 bits per heavy atom. The van der Waals surface area contributed by atoms with Gasteiger partial charge < -0.3 is 5.11 Å². The Kier molecular flexibility index (Phi) is 3.30. The normalized spacial score (nSPS) is 13.0. The molecule has 0 saturated carbocycles. The molecule has 60 valence electrons. The van der Waals surface area contributed by atoms with Crippen LogP contribution in [0.1, 0.15) is 11.8 Å². The Labute approximate surface area is 78.3 Å². The molecule has 0 aliphatic carbocycles. The van der Waals surface area contributed by atoms with Crippen LogP contribution in [-0.2, 0) is 0 Å². The van der Waals surface area contributed by atoms with E-state index in [2.05, 4.69) is 20.9 Å². The van der Waals surface area contributed by atoms with Gasteiger partial charge in [-0.15, -0.1) is 0 Å². The van der Waals surface area contributed by atoms with Gasteiger partial charge >= 0.3 is 0 Å². The number of aliphatic hydroxyl groups excluding tert-OH is 1. The number of halogens is 2. The Hall–Kier alpha value is -0.120. The fraction of sp³-hybridized carbons (Fsp3) is 0.286. The molecule has 1 aromatic rings. The van der Waals surface area contributed by atoms with Crippen molar-refractivity contribution in [3.63, 3.8) is 0 Å². The minimum Gasteiger partial charge on any atom is -0.386 e. The highest BCUT2D eigenvalue weighted by Gasteiger charge is 2.06. The summed E-state index contributed by atoms with van der Waals surface area (Å²) in [5.41, 5.74) is 0.592. The van der Waals surface area contributed by atoms with E-state index < -0.39 is 6.10 Å². The number of aliphatic hydroxyl groups is 1. The molecule has 4 heteroatoms. The summed E-state index contributed by atoms with van der Waals surface area (Å²) in [6.45, 7) is 0. The van der Waals surface area contributed by atoms with Crippen LogP contribution in [0.5, 0.6) is 0 Å². The first-order chi connectivity index (χ1) is 5.24. The summed E-state index contributed by atoms with van der Waals surface area (Å²) in [6, 6.07) is 5.17. The molecule has 2 nitrogen and oxygen atoms in total. The van der Waals surface area contributed by atoms with E-state index in [1.54, 1.807) is 18.2 Å². The highest BCUT2D eigenvalue weighted by Crippen LogP contribution is 2.14. The fourth-order valence-corrected chi connectivity index (χ4v) is 1.19. The zero-order valence-electron chi connectivity index (χ0n) is 5.67. The van der Waals surface area contributed by atoms with Crippen LogP contribution < -0.4 is 0 Å². The molecule has 1 heterocycles. The van der Waals surface area contributed by atoms with Gasteiger partial charge in [-0.3, -0.25) is 0 Å². The molecule has 1 rings (SSSR count). The summed E-state index contributed by atoms with van der Waals surface area (Å²) in [4.78, 5) is 3.93. The van der Waals surface area contributed by atoms with Crippen molar-refractivity contribution in [1.29, 1.82) is 0 Å². The Bertz CT molecular complexity index is 244. The van der Waals surface area contributed by atoms with Gasteiger partial charge in [0.15, 0.2) is 0 Å². The average molecular weight is 236 g/mol. The third-order valence-electron chi connectivity index (χ3n) is 1.22. The van der Waals surface area contributed by atoms with E-state index in [-0.39, 0.29) is 0 Å². The van der Waals surface area contributed by atoms with Gasteiger partial charge in [0.25, 0.3) is 0 Å². The molecule has 0 bridgehead atoms. The highest BCUT2D eigenvalue weighted by atomic mass is 79.9. The molecule has 0 aliphatic heterocycles. The van der Waals surface area contributed by atoms with Crippen LogP contribution in [0.2, 0.25) is 5.15 Å². The number of nitrogens with zero attached hydrogens (tertiary/aromatic N) is 1. The molecule has 1 atom stereocenters. The smallest absolute Gasteiger partial charge is 0.129 e. The van der Waals surface area contributed by atoms with Crippen molar-refractivity contribution in [2.45, 2.75) is 6.10 Å². The molecule has 0 fully saturated rings. The van der Waals surface area contributed by atoms with E-state index in [4.69, 9.17) is 11.6 Å². The standard InChI is InChI=1S/C7H7BrClNO/c8-4-6(11)5-2-1-3-7(9)10-5/h1-3,6,11H,4H2. The molecule has 11 heavy (non-hydrogen) atoms. The highest BCUT2D eigenvalue weighted by molar-refractivity contribution is 9.09. The van der Waals surface area contributed by atoms with Gasteiger partial charge in [-0.2, -0.15) is 0 Å². The Morgan fingerprint density at radius 2 is 2.36 bits per heavy atom. The average Bonchev–Trinajstić information content (AvgIpc) is 2.03. The first-order valence-electron chi connectivity index (χ1n) is 3.10. The molecule has 0 amide bonds. The molecular formula is C7H7BrClNO. The van der Waals surface area contributed by atoms with Gasteiger partial charge in [0.05, 0.1) is 5.69 Å². The number of pyridine rings is 1. The lowest BCUT2D eigenvalue weighted by molar-refractivity contribution is 0.200. The maximum Gasteiger partial charge on any atom is 0.129 e. The monoisotopic (exact) mass is 235 g/mol. The number of rotatable bonds is 2. The van der Waals surface area contributed by atoms with Crippen molar-refractivity contribution in [2.75, 3.05) is 5.33 Å². The number of alkyl halides is 1. The molecular weight excluding hydrogens is 229 g/mol. The zero-order chi connectivity index (χ0) is 8.27. The molecule has 1 aromatic heterocycles. The summed E-state index contributed by atoms with van der Waals surface area (Å²) < 4.78 is 0. The van der Waals surface area contributed by atoms with E-state index in [0.29, 0.717) is 16.2 Å². The van der Waals surface area contributed by atoms with Crippen molar-refractivity contribution < 1.29 is 5.11 Å². The van der Waals surface area contributed by atoms with Gasteiger partial charge in [0, 0.05) is 5.33 Å². The molecule has 0 spiro atoms. The largest absolute Gasteiger partial charge is 0.386 e. The van der Waals surface area contributed by atoms with Crippen molar-refractivity contribution in [2.24, 2.45) is 0 Å². The van der Waals surface area contributed by atoms with Gasteiger partial charge in [0.2, 0.25) is 0 Å². The van der Waals surface area contributed by atoms with Crippen LogP contribution in [0.15, 0.2) is 18.2 Å². The van der Waals surface area contributed by atoms with E-state index in [1.807, 2.05) is 0 Å². The van der Waals surface area contributed by atoms with E-state index >= 15 is 0 Å². The predicted octanol–water partition coefficient (Wildman–Crippen LogP) is 2.16. The third kappa shape index (κ3) is 2.43. The van der Waals surface area contributed by atoms with Crippen LogP contribution in [0.3, 0.4) is 0 Å². The Balaban J connectivity index is 2.86. The SMILES string of the molecule is OC(CBr)c1cccc(Cl)n1. The van der Waals surface area contributed by atoms with Crippen molar-refractivity contribution in [3.8, 4) is 0 Å². The molecule has 1 N–H and O–H groups in total. The summed E-state index contributed by atoms with van der Waals surface area (Å²) in [7, 11) is 0. The molecule has 0 saturated heterocycles. The minimum atomic E-state index is -0.575. The molecule has 1 unspecified atom stereocenters. The van der Waals surface area contributed by atoms with Crippen molar-refractivity contribution >= 4 is 27.5 Å². The summed E-state index contributed by atoms with van der Waals surface area (Å²) >= 11 is 8.75. The zero-order valence-corrected chi connectivity index (χ0v) is 8.01. The predicted molar refractivity (Wildman–Crippen MR) is 48.0 cm³/mol. The summed E-state index contributed by atoms with van der Waals surface area (Å²) in [5, 5.41) is 10.2. The summed E-state index contributed by atoms with van der Waals surface area (Å²) in [5.74, 6) is 0. The molecule has 0 aliphatic rings. The second-order valence-corrected chi connectivity index (χ2v) is 3.09. The third-order valence-corrected chi connectivity index (χ3v) is 2.05. The van der Waals surface area contributed by atoms with Crippen LogP contribution >= 0.6 is 27.5 Å². The van der Waals surface area contributed by atoms with Crippen molar-refractivity contribution in [3.05, 3.63) is 29.0 Å². The second-order valence-electron chi connectivity index (χ2n) is 2.06. The van der Waals surface area contributed by atoms with Gasteiger partial charge in [-0.25, -0.2) is 4.98 Å². The second kappa shape index (κ2) is 4.04. The van der Waals surface area contributed by atoms with Crippen LogP contribution in [0.4, 0.5) is 0 Å².